The first-order valence-corrected chi connectivity index (χ1v) is 4.90. The summed E-state index contributed by atoms with van der Waals surface area (Å²) < 4.78 is 84.4. The van der Waals surface area contributed by atoms with Crippen LogP contribution in [0.4, 0.5) is 30.7 Å². The Morgan fingerprint density at radius 1 is 0.933 bits per heavy atom. The Morgan fingerprint density at radius 2 is 1.27 bits per heavy atom. The van der Waals surface area contributed by atoms with Crippen molar-refractivity contribution in [2.45, 2.75) is 41.7 Å². The summed E-state index contributed by atoms with van der Waals surface area (Å²) in [6, 6.07) is 0. The maximum Gasteiger partial charge on any atom is 0.358 e. The molecular weight excluding hydrogens is 344 g/mol. The van der Waals surface area contributed by atoms with Crippen LogP contribution in [0.25, 0.3) is 0 Å². The number of alkyl halides is 8. The van der Waals surface area contributed by atoms with Crippen LogP contribution in [0.1, 0.15) is 20.3 Å². The summed E-state index contributed by atoms with van der Waals surface area (Å²) in [6.45, 7) is 0.494. The summed E-state index contributed by atoms with van der Waals surface area (Å²) in [6.07, 6.45) is -1.43. The SMILES string of the molecule is CCC(F)(F)C(F)(F)C(F)(I)C(C)(F)F. The van der Waals surface area contributed by atoms with E-state index in [9.17, 15) is 30.7 Å². The van der Waals surface area contributed by atoms with E-state index in [1.54, 1.807) is 0 Å². The van der Waals surface area contributed by atoms with Crippen molar-refractivity contribution < 1.29 is 30.7 Å². The van der Waals surface area contributed by atoms with Gasteiger partial charge < -0.3 is 0 Å². The molecule has 0 aliphatic carbocycles. The molecule has 8 heteroatoms. The zero-order chi connectivity index (χ0) is 12.7. The molecule has 0 bridgehead atoms. The molecule has 0 rings (SSSR count). The molecule has 0 saturated carbocycles. The van der Waals surface area contributed by atoms with Gasteiger partial charge in [-0.1, -0.05) is 6.92 Å². The van der Waals surface area contributed by atoms with Crippen LogP contribution >= 0.6 is 22.6 Å². The van der Waals surface area contributed by atoms with E-state index < -0.39 is 27.9 Å². The standard InChI is InChI=1S/C7H8F7I/c1-3-5(10,11)6(12,13)7(14,15)4(2,8)9/h3H2,1-2H3. The maximum absolute atomic E-state index is 13.1. The highest BCUT2D eigenvalue weighted by Gasteiger charge is 2.75. The highest BCUT2D eigenvalue weighted by Crippen LogP contribution is 2.55. The van der Waals surface area contributed by atoms with Gasteiger partial charge in [0.25, 0.3) is 9.60 Å². The van der Waals surface area contributed by atoms with Crippen LogP contribution < -0.4 is 0 Å². The third-order valence-corrected chi connectivity index (χ3v) is 3.47. The van der Waals surface area contributed by atoms with Crippen molar-refractivity contribution in [3.8, 4) is 0 Å². The van der Waals surface area contributed by atoms with Crippen molar-refractivity contribution >= 4 is 22.6 Å². The van der Waals surface area contributed by atoms with Crippen molar-refractivity contribution in [3.05, 3.63) is 0 Å². The molecule has 0 aliphatic rings. The Bertz CT molecular complexity index is 230. The number of halogens is 8. The molecule has 0 heterocycles. The van der Waals surface area contributed by atoms with E-state index in [-0.39, 0.29) is 29.5 Å². The molecule has 0 aromatic rings. The molecule has 0 radical (unpaired) electrons. The molecule has 0 N–H and O–H groups in total. The molecule has 1 atom stereocenters. The normalized spacial score (nSPS) is 18.8. The van der Waals surface area contributed by atoms with E-state index in [0.29, 0.717) is 6.92 Å². The average Bonchev–Trinajstić information content (AvgIpc) is 2.01. The number of hydrogen-bond donors (Lipinski definition) is 0. The first-order chi connectivity index (χ1) is 6.31. The number of rotatable bonds is 4. The minimum absolute atomic E-state index is 0.0271. The van der Waals surface area contributed by atoms with E-state index in [0.717, 1.165) is 0 Å². The summed E-state index contributed by atoms with van der Waals surface area (Å²) in [5, 5.41) is 0. The van der Waals surface area contributed by atoms with Crippen LogP contribution in [0, 0.1) is 0 Å². The second-order valence-electron chi connectivity index (χ2n) is 3.10. The molecule has 0 aromatic carbocycles. The molecule has 15 heavy (non-hydrogen) atoms. The third-order valence-electron chi connectivity index (χ3n) is 1.85. The van der Waals surface area contributed by atoms with E-state index in [1.807, 2.05) is 0 Å². The van der Waals surface area contributed by atoms with Gasteiger partial charge in [-0.05, 0) is 22.6 Å². The fourth-order valence-corrected chi connectivity index (χ4v) is 1.12. The van der Waals surface area contributed by atoms with Crippen molar-refractivity contribution in [3.63, 3.8) is 0 Å². The van der Waals surface area contributed by atoms with Gasteiger partial charge in [0.1, 0.15) is 0 Å². The smallest absolute Gasteiger partial charge is 0.219 e. The molecule has 92 valence electrons. The van der Waals surface area contributed by atoms with Gasteiger partial charge >= 0.3 is 11.8 Å². The monoisotopic (exact) mass is 352 g/mol. The first kappa shape index (κ1) is 15.2. The topological polar surface area (TPSA) is 0 Å². The lowest BCUT2D eigenvalue weighted by Crippen LogP contribution is -2.59. The molecule has 1 unspecified atom stereocenters. The van der Waals surface area contributed by atoms with Crippen molar-refractivity contribution in [1.82, 2.24) is 0 Å². The Kier molecular flexibility index (Phi) is 3.98. The number of hydrogen-bond acceptors (Lipinski definition) is 0. The Balaban J connectivity index is 5.38. The summed E-state index contributed by atoms with van der Waals surface area (Å²) in [4.78, 5) is 0. The van der Waals surface area contributed by atoms with Crippen LogP contribution in [0.3, 0.4) is 0 Å². The summed E-state index contributed by atoms with van der Waals surface area (Å²) in [7, 11) is 0. The predicted molar refractivity (Wildman–Crippen MR) is 48.7 cm³/mol. The van der Waals surface area contributed by atoms with Crippen molar-refractivity contribution in [1.29, 1.82) is 0 Å². The average molecular weight is 352 g/mol. The second kappa shape index (κ2) is 3.92. The highest BCUT2D eigenvalue weighted by atomic mass is 127. The molecule has 0 aromatic heterocycles. The molecule has 0 amide bonds. The lowest BCUT2D eigenvalue weighted by atomic mass is 10.0. The molecule has 0 spiro atoms. The molecule has 0 fully saturated rings. The van der Waals surface area contributed by atoms with E-state index in [4.69, 9.17) is 0 Å². The zero-order valence-corrected chi connectivity index (χ0v) is 9.89. The summed E-state index contributed by atoms with van der Waals surface area (Å²) >= 11 is 0.0271. The predicted octanol–water partition coefficient (Wildman–Crippen LogP) is 4.42. The quantitative estimate of drug-likeness (QED) is 0.399. The van der Waals surface area contributed by atoms with E-state index in [2.05, 4.69) is 0 Å². The van der Waals surface area contributed by atoms with Crippen LogP contribution in [-0.2, 0) is 0 Å². The van der Waals surface area contributed by atoms with Gasteiger partial charge in [0.2, 0.25) is 0 Å². The molecule has 0 saturated heterocycles. The van der Waals surface area contributed by atoms with Gasteiger partial charge in [-0.15, -0.1) is 0 Å². The van der Waals surface area contributed by atoms with Crippen LogP contribution in [-0.4, -0.2) is 21.4 Å². The van der Waals surface area contributed by atoms with Gasteiger partial charge in [-0.2, -0.15) is 17.6 Å². The van der Waals surface area contributed by atoms with Gasteiger partial charge in [-0.3, -0.25) is 0 Å². The lowest BCUT2D eigenvalue weighted by Gasteiger charge is -2.36. The minimum atomic E-state index is -5.44. The summed E-state index contributed by atoms with van der Waals surface area (Å²) in [5.74, 6) is -14.8. The van der Waals surface area contributed by atoms with Gasteiger partial charge in [0.05, 0.1) is 0 Å². The van der Waals surface area contributed by atoms with Crippen LogP contribution in [0.15, 0.2) is 0 Å². The summed E-state index contributed by atoms with van der Waals surface area (Å²) in [5.41, 5.74) is 0. The first-order valence-electron chi connectivity index (χ1n) is 3.82. The Hall–Kier alpha value is 0.240. The van der Waals surface area contributed by atoms with Crippen LogP contribution in [0.5, 0.6) is 0 Å². The molecule has 0 nitrogen and oxygen atoms in total. The zero-order valence-electron chi connectivity index (χ0n) is 7.73. The van der Waals surface area contributed by atoms with E-state index >= 15 is 0 Å². The molecular formula is C7H8F7I. The Morgan fingerprint density at radius 3 is 1.47 bits per heavy atom. The van der Waals surface area contributed by atoms with Gasteiger partial charge in [0.15, 0.2) is 0 Å². The molecule has 0 aliphatic heterocycles. The largest absolute Gasteiger partial charge is 0.358 e. The van der Waals surface area contributed by atoms with E-state index in [1.165, 1.54) is 0 Å². The highest BCUT2D eigenvalue weighted by molar-refractivity contribution is 14.1. The maximum atomic E-state index is 13.1. The van der Waals surface area contributed by atoms with Gasteiger partial charge in [-0.25, -0.2) is 13.2 Å². The van der Waals surface area contributed by atoms with Crippen molar-refractivity contribution in [2.24, 2.45) is 0 Å². The second-order valence-corrected chi connectivity index (χ2v) is 4.58. The van der Waals surface area contributed by atoms with Crippen LogP contribution in [0.2, 0.25) is 0 Å². The third kappa shape index (κ3) is 2.33. The van der Waals surface area contributed by atoms with Crippen molar-refractivity contribution in [2.75, 3.05) is 0 Å². The lowest BCUT2D eigenvalue weighted by molar-refractivity contribution is -0.281. The minimum Gasteiger partial charge on any atom is -0.219 e. The Labute approximate surface area is 95.3 Å². The van der Waals surface area contributed by atoms with Gasteiger partial charge in [0, 0.05) is 13.3 Å². The fraction of sp³-hybridized carbons (Fsp3) is 1.00. The fourth-order valence-electron chi connectivity index (χ4n) is 0.727.